The fourth-order valence-corrected chi connectivity index (χ4v) is 2.19. The second-order valence-electron chi connectivity index (χ2n) is 5.61. The zero-order valence-corrected chi connectivity index (χ0v) is 14.1. The van der Waals surface area contributed by atoms with Crippen LogP contribution in [-0.2, 0) is 4.79 Å². The summed E-state index contributed by atoms with van der Waals surface area (Å²) < 4.78 is 5.45. The Morgan fingerprint density at radius 2 is 1.96 bits per heavy atom. The Morgan fingerprint density at radius 3 is 2.76 bits per heavy atom. The van der Waals surface area contributed by atoms with Crippen molar-refractivity contribution in [3.63, 3.8) is 0 Å². The van der Waals surface area contributed by atoms with Crippen molar-refractivity contribution >= 4 is 23.2 Å². The average Bonchev–Trinajstić information content (AvgIpc) is 2.62. The highest BCUT2D eigenvalue weighted by Crippen LogP contribution is 2.16. The molecule has 0 aliphatic heterocycles. The van der Waals surface area contributed by atoms with Crippen LogP contribution in [0.4, 0.5) is 0 Å². The number of hydrazone groups is 1. The molecule has 0 atom stereocenters. The zero-order valence-electron chi connectivity index (χ0n) is 14.1. The quantitative estimate of drug-likeness (QED) is 0.575. The maximum absolute atomic E-state index is 11.8. The average molecular weight is 334 g/mol. The lowest BCUT2D eigenvalue weighted by atomic mass is 10.1. The Hall–Kier alpha value is -3.28. The van der Waals surface area contributed by atoms with Crippen LogP contribution in [0.5, 0.6) is 5.75 Å². The topological polar surface area (TPSA) is 76.5 Å². The highest BCUT2D eigenvalue weighted by atomic mass is 16.5. The monoisotopic (exact) mass is 334 g/mol. The third kappa shape index (κ3) is 4.38. The summed E-state index contributed by atoms with van der Waals surface area (Å²) in [5, 5.41) is 3.89. The Kier molecular flexibility index (Phi) is 4.99. The molecule has 2 aromatic carbocycles. The van der Waals surface area contributed by atoms with E-state index < -0.39 is 0 Å². The molecule has 0 radical (unpaired) electrons. The highest BCUT2D eigenvalue weighted by molar-refractivity contribution is 5.84. The van der Waals surface area contributed by atoms with Crippen LogP contribution in [0.15, 0.2) is 53.8 Å². The number of aromatic nitrogens is 2. The molecule has 0 unspecified atom stereocenters. The predicted octanol–water partition coefficient (Wildman–Crippen LogP) is 2.78. The summed E-state index contributed by atoms with van der Waals surface area (Å²) in [7, 11) is 0. The smallest absolute Gasteiger partial charge is 0.277 e. The van der Waals surface area contributed by atoms with Gasteiger partial charge >= 0.3 is 0 Å². The number of amides is 1. The normalized spacial score (nSPS) is 11.0. The lowest BCUT2D eigenvalue weighted by Gasteiger charge is -2.07. The number of aryl methyl sites for hydroxylation is 2. The van der Waals surface area contributed by atoms with Crippen molar-refractivity contribution in [2.24, 2.45) is 5.10 Å². The second-order valence-corrected chi connectivity index (χ2v) is 5.61. The molecule has 0 aliphatic carbocycles. The lowest BCUT2D eigenvalue weighted by molar-refractivity contribution is -0.123. The molecular formula is C19H18N4O2. The van der Waals surface area contributed by atoms with E-state index in [9.17, 15) is 4.79 Å². The number of rotatable bonds is 5. The van der Waals surface area contributed by atoms with Gasteiger partial charge in [0.05, 0.1) is 23.4 Å². The molecule has 0 spiro atoms. The minimum atomic E-state index is -0.344. The first-order valence-corrected chi connectivity index (χ1v) is 7.85. The van der Waals surface area contributed by atoms with E-state index in [2.05, 4.69) is 20.5 Å². The third-order valence-electron chi connectivity index (χ3n) is 3.70. The molecule has 3 aromatic rings. The van der Waals surface area contributed by atoms with E-state index in [0.717, 1.165) is 16.6 Å². The molecule has 0 saturated carbocycles. The molecule has 6 heteroatoms. The lowest BCUT2D eigenvalue weighted by Crippen LogP contribution is -2.24. The number of hydrogen-bond donors (Lipinski definition) is 1. The number of carbonyl (C=O) groups is 1. The van der Waals surface area contributed by atoms with E-state index in [-0.39, 0.29) is 12.5 Å². The van der Waals surface area contributed by atoms with Crippen LogP contribution in [0.25, 0.3) is 11.0 Å². The largest absolute Gasteiger partial charge is 0.484 e. The van der Waals surface area contributed by atoms with E-state index in [1.165, 1.54) is 11.8 Å². The molecule has 6 nitrogen and oxygen atoms in total. The predicted molar refractivity (Wildman–Crippen MR) is 96.7 cm³/mol. The molecule has 0 fully saturated rings. The van der Waals surface area contributed by atoms with Gasteiger partial charge in [-0.05, 0) is 49.2 Å². The summed E-state index contributed by atoms with van der Waals surface area (Å²) in [6, 6.07) is 13.2. The van der Waals surface area contributed by atoms with E-state index in [4.69, 9.17) is 4.74 Å². The summed E-state index contributed by atoms with van der Waals surface area (Å²) in [5.41, 5.74) is 6.86. The first kappa shape index (κ1) is 16.6. The van der Waals surface area contributed by atoms with Crippen molar-refractivity contribution in [2.45, 2.75) is 13.8 Å². The maximum Gasteiger partial charge on any atom is 0.277 e. The fourth-order valence-electron chi connectivity index (χ4n) is 2.19. The van der Waals surface area contributed by atoms with E-state index in [1.54, 1.807) is 6.20 Å². The minimum absolute atomic E-state index is 0.108. The Bertz CT molecular complexity index is 938. The Balaban J connectivity index is 1.53. The Morgan fingerprint density at radius 1 is 1.16 bits per heavy atom. The van der Waals surface area contributed by atoms with Gasteiger partial charge in [0.15, 0.2) is 6.61 Å². The summed E-state index contributed by atoms with van der Waals surface area (Å²) in [6.45, 7) is 3.91. The maximum atomic E-state index is 11.8. The van der Waals surface area contributed by atoms with Gasteiger partial charge in [-0.2, -0.15) is 5.10 Å². The summed E-state index contributed by atoms with van der Waals surface area (Å²) >= 11 is 0. The second kappa shape index (κ2) is 7.53. The third-order valence-corrected chi connectivity index (χ3v) is 3.70. The number of ether oxygens (including phenoxy) is 1. The molecule has 126 valence electrons. The van der Waals surface area contributed by atoms with Gasteiger partial charge < -0.3 is 4.74 Å². The first-order valence-electron chi connectivity index (χ1n) is 7.85. The molecule has 0 saturated heterocycles. The minimum Gasteiger partial charge on any atom is -0.484 e. The van der Waals surface area contributed by atoms with Crippen molar-refractivity contribution in [3.8, 4) is 5.75 Å². The standard InChI is InChI=1S/C19H18N4O2/c1-13-7-8-16(9-14(13)2)25-12-19(24)23-21-11-15-10-20-17-5-3-4-6-18(17)22-15/h3-11H,12H2,1-2H3,(H,23,24)/b21-11-. The van der Waals surface area contributed by atoms with E-state index >= 15 is 0 Å². The van der Waals surface area contributed by atoms with Crippen LogP contribution in [0.1, 0.15) is 16.8 Å². The van der Waals surface area contributed by atoms with Gasteiger partial charge in [0.1, 0.15) is 11.4 Å². The van der Waals surface area contributed by atoms with Crippen molar-refractivity contribution in [1.82, 2.24) is 15.4 Å². The summed E-state index contributed by atoms with van der Waals surface area (Å²) in [4.78, 5) is 20.5. The van der Waals surface area contributed by atoms with Gasteiger partial charge in [0.2, 0.25) is 0 Å². The van der Waals surface area contributed by atoms with Crippen LogP contribution in [-0.4, -0.2) is 28.7 Å². The molecule has 0 aliphatic rings. The zero-order chi connectivity index (χ0) is 17.6. The van der Waals surface area contributed by atoms with Crippen LogP contribution in [0, 0.1) is 13.8 Å². The van der Waals surface area contributed by atoms with Gasteiger partial charge in [0, 0.05) is 0 Å². The van der Waals surface area contributed by atoms with Crippen molar-refractivity contribution in [3.05, 3.63) is 65.5 Å². The van der Waals surface area contributed by atoms with E-state index in [1.807, 2.05) is 56.3 Å². The van der Waals surface area contributed by atoms with E-state index in [0.29, 0.717) is 11.4 Å². The number of hydrogen-bond acceptors (Lipinski definition) is 5. The molecule has 1 aromatic heterocycles. The van der Waals surface area contributed by atoms with Gasteiger partial charge in [-0.1, -0.05) is 18.2 Å². The first-order chi connectivity index (χ1) is 12.1. The van der Waals surface area contributed by atoms with Gasteiger partial charge in [-0.3, -0.25) is 9.78 Å². The number of benzene rings is 2. The SMILES string of the molecule is Cc1ccc(OCC(=O)N/N=C\c2cnc3ccccc3n2)cc1C. The fraction of sp³-hybridized carbons (Fsp3) is 0.158. The number of nitrogens with one attached hydrogen (secondary N) is 1. The molecular weight excluding hydrogens is 316 g/mol. The molecule has 1 N–H and O–H groups in total. The number of fused-ring (bicyclic) bond motifs is 1. The van der Waals surface area contributed by atoms with Gasteiger partial charge in [0.25, 0.3) is 5.91 Å². The van der Waals surface area contributed by atoms with Crippen LogP contribution >= 0.6 is 0 Å². The molecule has 3 rings (SSSR count). The van der Waals surface area contributed by atoms with Crippen LogP contribution < -0.4 is 10.2 Å². The van der Waals surface area contributed by atoms with Crippen molar-refractivity contribution in [2.75, 3.05) is 6.61 Å². The highest BCUT2D eigenvalue weighted by Gasteiger charge is 2.03. The van der Waals surface area contributed by atoms with Crippen LogP contribution in [0.3, 0.4) is 0 Å². The molecule has 1 amide bonds. The number of nitrogens with zero attached hydrogens (tertiary/aromatic N) is 3. The number of para-hydroxylation sites is 2. The molecule has 25 heavy (non-hydrogen) atoms. The van der Waals surface area contributed by atoms with Crippen molar-refractivity contribution in [1.29, 1.82) is 0 Å². The van der Waals surface area contributed by atoms with Crippen LogP contribution in [0.2, 0.25) is 0 Å². The van der Waals surface area contributed by atoms with Gasteiger partial charge in [-0.25, -0.2) is 10.4 Å². The van der Waals surface area contributed by atoms with Gasteiger partial charge in [-0.15, -0.1) is 0 Å². The molecule has 1 heterocycles. The van der Waals surface area contributed by atoms with Crippen molar-refractivity contribution < 1.29 is 9.53 Å². The molecule has 0 bridgehead atoms. The summed E-state index contributed by atoms with van der Waals surface area (Å²) in [6.07, 6.45) is 3.05. The summed E-state index contributed by atoms with van der Waals surface area (Å²) in [5.74, 6) is 0.311. The Labute approximate surface area is 145 Å². The number of carbonyl (C=O) groups excluding carboxylic acids is 1.